The molecule has 0 bridgehead atoms. The van der Waals surface area contributed by atoms with Gasteiger partial charge in [0.15, 0.2) is 0 Å². The third-order valence-electron chi connectivity index (χ3n) is 4.95. The quantitative estimate of drug-likeness (QED) is 0.626. The molecule has 0 saturated carbocycles. The summed E-state index contributed by atoms with van der Waals surface area (Å²) in [5.74, 6) is 0. The van der Waals surface area contributed by atoms with Crippen LogP contribution in [-0.2, 0) is 17.6 Å². The molecule has 2 aromatic rings. The van der Waals surface area contributed by atoms with Crippen molar-refractivity contribution in [1.29, 1.82) is 0 Å². The maximum absolute atomic E-state index is 10.3. The molecule has 2 aromatic carbocycles. The Morgan fingerprint density at radius 3 is 2.19 bits per heavy atom. The lowest BCUT2D eigenvalue weighted by molar-refractivity contribution is -0.231. The summed E-state index contributed by atoms with van der Waals surface area (Å²) in [7, 11) is 0. The van der Waals surface area contributed by atoms with Crippen molar-refractivity contribution in [1.82, 2.24) is 0 Å². The molecule has 1 saturated heterocycles. The molecule has 1 aliphatic rings. The smallest absolute Gasteiger partial charge is 0.113 e. The van der Waals surface area contributed by atoms with E-state index in [1.54, 1.807) is 0 Å². The summed E-state index contributed by atoms with van der Waals surface area (Å²) < 4.78 is 5.64. The van der Waals surface area contributed by atoms with Crippen LogP contribution in [0.4, 0.5) is 0 Å². The molecule has 3 rings (SSSR count). The summed E-state index contributed by atoms with van der Waals surface area (Å²) in [4.78, 5) is 0. The Hall–Kier alpha value is -1.76. The van der Waals surface area contributed by atoms with Gasteiger partial charge in [0.1, 0.15) is 30.5 Å². The van der Waals surface area contributed by atoms with Gasteiger partial charge in [0.2, 0.25) is 0 Å². The molecule has 140 valence electrons. The fourth-order valence-electron chi connectivity index (χ4n) is 3.44. The Labute approximate surface area is 153 Å². The van der Waals surface area contributed by atoms with Crippen LogP contribution >= 0.6 is 0 Å². The third kappa shape index (κ3) is 4.31. The van der Waals surface area contributed by atoms with Crippen LogP contribution in [0.25, 0.3) is 0 Å². The molecule has 1 heterocycles. The molecule has 26 heavy (non-hydrogen) atoms. The average molecular weight is 358 g/mol. The normalized spacial score (nSPS) is 28.8. The minimum Gasteiger partial charge on any atom is -0.394 e. The second-order valence-corrected chi connectivity index (χ2v) is 6.83. The number of ether oxygens (including phenoxy) is 1. The van der Waals surface area contributed by atoms with Crippen LogP contribution in [0.5, 0.6) is 0 Å². The van der Waals surface area contributed by atoms with E-state index in [0.29, 0.717) is 0 Å². The van der Waals surface area contributed by atoms with Crippen molar-refractivity contribution in [2.75, 3.05) is 6.61 Å². The number of aryl methyl sites for hydroxylation is 2. The summed E-state index contributed by atoms with van der Waals surface area (Å²) in [5, 5.41) is 39.5. The maximum Gasteiger partial charge on any atom is 0.113 e. The summed E-state index contributed by atoms with van der Waals surface area (Å²) >= 11 is 0. The predicted molar refractivity (Wildman–Crippen MR) is 97.6 cm³/mol. The summed E-state index contributed by atoms with van der Waals surface area (Å²) in [6.45, 7) is -0.418. The van der Waals surface area contributed by atoms with Crippen molar-refractivity contribution in [3.05, 3.63) is 71.3 Å². The molecular formula is C21H26O5. The number of rotatable bonds is 6. The van der Waals surface area contributed by atoms with Gasteiger partial charge in [-0.1, -0.05) is 54.6 Å². The van der Waals surface area contributed by atoms with Crippen LogP contribution in [0.3, 0.4) is 0 Å². The third-order valence-corrected chi connectivity index (χ3v) is 4.95. The molecule has 0 spiro atoms. The van der Waals surface area contributed by atoms with Crippen molar-refractivity contribution in [2.24, 2.45) is 0 Å². The van der Waals surface area contributed by atoms with Gasteiger partial charge in [-0.15, -0.1) is 0 Å². The highest BCUT2D eigenvalue weighted by Crippen LogP contribution is 2.32. The molecule has 5 atom stereocenters. The Bertz CT molecular complexity index is 688. The van der Waals surface area contributed by atoms with Crippen molar-refractivity contribution < 1.29 is 25.2 Å². The van der Waals surface area contributed by atoms with E-state index in [4.69, 9.17) is 4.74 Å². The Kier molecular flexibility index (Phi) is 6.40. The topological polar surface area (TPSA) is 90.2 Å². The fourth-order valence-corrected chi connectivity index (χ4v) is 3.44. The summed E-state index contributed by atoms with van der Waals surface area (Å²) in [5.41, 5.74) is 3.16. The van der Waals surface area contributed by atoms with Crippen LogP contribution in [0.15, 0.2) is 54.6 Å². The van der Waals surface area contributed by atoms with Crippen molar-refractivity contribution in [3.63, 3.8) is 0 Å². The maximum atomic E-state index is 10.3. The molecule has 5 heteroatoms. The van der Waals surface area contributed by atoms with Gasteiger partial charge in [0, 0.05) is 0 Å². The summed E-state index contributed by atoms with van der Waals surface area (Å²) in [6, 6.07) is 18.0. The monoisotopic (exact) mass is 358 g/mol. The van der Waals surface area contributed by atoms with E-state index in [-0.39, 0.29) is 0 Å². The first-order valence-electron chi connectivity index (χ1n) is 9.03. The van der Waals surface area contributed by atoms with Gasteiger partial charge in [0.25, 0.3) is 0 Å². The number of hydrogen-bond acceptors (Lipinski definition) is 5. The number of aliphatic hydroxyl groups excluding tert-OH is 4. The Morgan fingerprint density at radius 2 is 1.46 bits per heavy atom. The van der Waals surface area contributed by atoms with E-state index in [2.05, 4.69) is 12.1 Å². The highest BCUT2D eigenvalue weighted by Gasteiger charge is 2.43. The molecule has 0 aromatic heterocycles. The van der Waals surface area contributed by atoms with Gasteiger partial charge in [0.05, 0.1) is 6.61 Å². The van der Waals surface area contributed by atoms with Gasteiger partial charge in [-0.25, -0.2) is 0 Å². The molecule has 0 aliphatic carbocycles. The fraction of sp³-hybridized carbons (Fsp3) is 0.429. The highest BCUT2D eigenvalue weighted by atomic mass is 16.5. The first-order valence-corrected chi connectivity index (χ1v) is 9.03. The lowest BCUT2D eigenvalue weighted by atomic mass is 9.90. The summed E-state index contributed by atoms with van der Waals surface area (Å²) in [6.07, 6.45) is -2.71. The second-order valence-electron chi connectivity index (χ2n) is 6.83. The molecule has 0 unspecified atom stereocenters. The first-order chi connectivity index (χ1) is 12.6. The van der Waals surface area contributed by atoms with E-state index in [1.165, 1.54) is 5.56 Å². The number of hydrogen-bond donors (Lipinski definition) is 4. The average Bonchev–Trinajstić information content (AvgIpc) is 2.67. The van der Waals surface area contributed by atoms with E-state index in [1.807, 2.05) is 42.5 Å². The van der Waals surface area contributed by atoms with Crippen molar-refractivity contribution in [3.8, 4) is 0 Å². The zero-order valence-electron chi connectivity index (χ0n) is 14.6. The second kappa shape index (κ2) is 8.75. The Morgan fingerprint density at radius 1 is 0.769 bits per heavy atom. The minimum absolute atomic E-state index is 0.418. The van der Waals surface area contributed by atoms with E-state index >= 15 is 0 Å². The van der Waals surface area contributed by atoms with Crippen molar-refractivity contribution in [2.45, 2.75) is 49.8 Å². The SMILES string of the molecule is OC[C@H]1O[C@H](c2cccc(CCCc3ccccc3)c2)[C@@H](O)[C@@H](O)[C@@H]1O. The van der Waals surface area contributed by atoms with Gasteiger partial charge in [-0.3, -0.25) is 0 Å². The van der Waals surface area contributed by atoms with Gasteiger partial charge in [-0.2, -0.15) is 0 Å². The van der Waals surface area contributed by atoms with Crippen LogP contribution in [0.2, 0.25) is 0 Å². The molecular weight excluding hydrogens is 332 g/mol. The molecule has 1 aliphatic heterocycles. The van der Waals surface area contributed by atoms with Crippen LogP contribution in [0.1, 0.15) is 29.2 Å². The van der Waals surface area contributed by atoms with E-state index < -0.39 is 37.1 Å². The zero-order valence-corrected chi connectivity index (χ0v) is 14.6. The molecule has 5 nitrogen and oxygen atoms in total. The van der Waals surface area contributed by atoms with Gasteiger partial charge >= 0.3 is 0 Å². The lowest BCUT2D eigenvalue weighted by Gasteiger charge is -2.40. The minimum atomic E-state index is -1.35. The lowest BCUT2D eigenvalue weighted by Crippen LogP contribution is -2.55. The van der Waals surface area contributed by atoms with Crippen LogP contribution < -0.4 is 0 Å². The molecule has 0 radical (unpaired) electrons. The highest BCUT2D eigenvalue weighted by molar-refractivity contribution is 5.27. The predicted octanol–water partition coefficient (Wildman–Crippen LogP) is 1.38. The van der Waals surface area contributed by atoms with Gasteiger partial charge < -0.3 is 25.2 Å². The van der Waals surface area contributed by atoms with E-state index in [0.717, 1.165) is 30.4 Å². The number of benzene rings is 2. The van der Waals surface area contributed by atoms with E-state index in [9.17, 15) is 20.4 Å². The first kappa shape index (κ1) is 19.0. The largest absolute Gasteiger partial charge is 0.394 e. The Balaban J connectivity index is 1.66. The molecule has 0 amide bonds. The van der Waals surface area contributed by atoms with Crippen LogP contribution in [0, 0.1) is 0 Å². The molecule has 1 fully saturated rings. The zero-order chi connectivity index (χ0) is 18.5. The number of aliphatic hydroxyl groups is 4. The van der Waals surface area contributed by atoms with Gasteiger partial charge in [-0.05, 0) is 36.0 Å². The standard InChI is InChI=1S/C21H26O5/c22-13-17-18(23)19(24)20(25)21(26-17)16-11-5-10-15(12-16)9-4-8-14-6-2-1-3-7-14/h1-3,5-7,10-12,17-25H,4,8-9,13H2/t17-,18-,19+,20+,21-/m1/s1. The molecule has 4 N–H and O–H groups in total. The van der Waals surface area contributed by atoms with Crippen LogP contribution in [-0.4, -0.2) is 51.4 Å². The van der Waals surface area contributed by atoms with Crippen molar-refractivity contribution >= 4 is 0 Å².